The molecule has 0 spiro atoms. The van der Waals surface area contributed by atoms with Crippen LogP contribution in [0.3, 0.4) is 0 Å². The lowest BCUT2D eigenvalue weighted by Crippen LogP contribution is -2.49. The van der Waals surface area contributed by atoms with Gasteiger partial charge in [-0.25, -0.2) is 13.5 Å². The molecule has 0 saturated heterocycles. The third-order valence-electron chi connectivity index (χ3n) is 6.41. The monoisotopic (exact) mass is 520 g/mol. The third kappa shape index (κ3) is 6.48. The zero-order chi connectivity index (χ0) is 27.2. The van der Waals surface area contributed by atoms with Crippen molar-refractivity contribution in [3.63, 3.8) is 0 Å². The number of rotatable bonds is 10. The van der Waals surface area contributed by atoms with Crippen molar-refractivity contribution in [3.8, 4) is 0 Å². The van der Waals surface area contributed by atoms with Crippen LogP contribution >= 0.6 is 0 Å². The molecule has 198 valence electrons. The Morgan fingerprint density at radius 2 is 1.66 bits per heavy atom. The minimum Gasteiger partial charge on any atom is -0.390 e. The van der Waals surface area contributed by atoms with E-state index in [1.54, 1.807) is 24.3 Å². The predicted octanol–water partition coefficient (Wildman–Crippen LogP) is 3.27. The van der Waals surface area contributed by atoms with Crippen LogP contribution in [0.2, 0.25) is 0 Å². The summed E-state index contributed by atoms with van der Waals surface area (Å²) >= 11 is 0. The second kappa shape index (κ2) is 12.1. The van der Waals surface area contributed by atoms with E-state index in [0.29, 0.717) is 17.3 Å². The largest absolute Gasteiger partial charge is 0.390 e. The van der Waals surface area contributed by atoms with Crippen LogP contribution in [0.1, 0.15) is 34.1 Å². The smallest absolute Gasteiger partial charge is 0.274 e. The Bertz CT molecular complexity index is 1480. The van der Waals surface area contributed by atoms with E-state index in [1.807, 2.05) is 18.2 Å². The van der Waals surface area contributed by atoms with Crippen LogP contribution in [-0.2, 0) is 26.4 Å². The molecule has 0 aliphatic heterocycles. The maximum atomic E-state index is 13.9. The molecule has 0 bridgehead atoms. The highest BCUT2D eigenvalue weighted by Gasteiger charge is 2.25. The number of aliphatic hydroxyl groups is 1. The van der Waals surface area contributed by atoms with Crippen molar-refractivity contribution < 1.29 is 18.7 Å². The van der Waals surface area contributed by atoms with Gasteiger partial charge in [0.25, 0.3) is 11.5 Å². The SMILES string of the molecule is CCc1cccc(CNC[C@H](O)[C@H](Cc2cc(F)cc(F)c2)NC(=O)c2nn(C)c(=O)c3ccccc23)c1. The number of fused-ring (bicyclic) bond motifs is 1. The summed E-state index contributed by atoms with van der Waals surface area (Å²) in [5.41, 5.74) is 2.18. The number of nitrogens with one attached hydrogen (secondary N) is 2. The lowest BCUT2D eigenvalue weighted by atomic mass is 10.00. The fourth-order valence-corrected chi connectivity index (χ4v) is 4.44. The first-order valence-corrected chi connectivity index (χ1v) is 12.4. The summed E-state index contributed by atoms with van der Waals surface area (Å²) in [5.74, 6) is -2.12. The third-order valence-corrected chi connectivity index (χ3v) is 6.41. The summed E-state index contributed by atoms with van der Waals surface area (Å²) in [6.07, 6.45) is -0.223. The summed E-state index contributed by atoms with van der Waals surface area (Å²) < 4.78 is 28.8. The van der Waals surface area contributed by atoms with E-state index in [0.717, 1.165) is 22.7 Å². The van der Waals surface area contributed by atoms with E-state index in [9.17, 15) is 23.5 Å². The van der Waals surface area contributed by atoms with E-state index < -0.39 is 29.7 Å². The zero-order valence-corrected chi connectivity index (χ0v) is 21.2. The fraction of sp³-hybridized carbons (Fsp3) is 0.276. The number of aliphatic hydroxyl groups excluding tert-OH is 1. The number of carbonyl (C=O) groups excluding carboxylic acids is 1. The van der Waals surface area contributed by atoms with Crippen molar-refractivity contribution in [1.82, 2.24) is 20.4 Å². The number of hydrogen-bond donors (Lipinski definition) is 3. The Morgan fingerprint density at radius 3 is 2.37 bits per heavy atom. The second-order valence-corrected chi connectivity index (χ2v) is 9.26. The zero-order valence-electron chi connectivity index (χ0n) is 21.2. The first-order valence-electron chi connectivity index (χ1n) is 12.4. The molecule has 1 aromatic heterocycles. The number of halogens is 2. The molecule has 4 rings (SSSR count). The van der Waals surface area contributed by atoms with E-state index in [1.165, 1.54) is 24.7 Å². The van der Waals surface area contributed by atoms with Crippen molar-refractivity contribution in [1.29, 1.82) is 0 Å². The summed E-state index contributed by atoms with van der Waals surface area (Å²) in [4.78, 5) is 25.8. The van der Waals surface area contributed by atoms with Gasteiger partial charge in [-0.1, -0.05) is 49.4 Å². The van der Waals surface area contributed by atoms with Crippen molar-refractivity contribution >= 4 is 16.7 Å². The van der Waals surface area contributed by atoms with E-state index in [2.05, 4.69) is 28.7 Å². The predicted molar refractivity (Wildman–Crippen MR) is 142 cm³/mol. The molecule has 0 aliphatic carbocycles. The number of carbonyl (C=O) groups is 1. The molecule has 38 heavy (non-hydrogen) atoms. The number of amides is 1. The molecule has 1 heterocycles. The highest BCUT2D eigenvalue weighted by molar-refractivity contribution is 6.04. The molecule has 9 heteroatoms. The van der Waals surface area contributed by atoms with Gasteiger partial charge in [-0.15, -0.1) is 0 Å². The summed E-state index contributed by atoms with van der Waals surface area (Å²) in [7, 11) is 1.45. The van der Waals surface area contributed by atoms with Gasteiger partial charge in [-0.05, 0) is 47.7 Å². The number of aryl methyl sites for hydroxylation is 2. The van der Waals surface area contributed by atoms with Crippen molar-refractivity contribution in [2.24, 2.45) is 7.05 Å². The molecule has 0 fully saturated rings. The Labute approximate surface area is 219 Å². The first-order chi connectivity index (χ1) is 18.2. The molecule has 3 N–H and O–H groups in total. The minimum atomic E-state index is -1.10. The van der Waals surface area contributed by atoms with Gasteiger partial charge in [-0.3, -0.25) is 9.59 Å². The number of aromatic nitrogens is 2. The summed E-state index contributed by atoms with van der Waals surface area (Å²) in [5, 5.41) is 21.9. The van der Waals surface area contributed by atoms with Gasteiger partial charge in [0.2, 0.25) is 0 Å². The molecule has 4 aromatic rings. The van der Waals surface area contributed by atoms with Gasteiger partial charge in [0, 0.05) is 31.6 Å². The minimum absolute atomic E-state index is 0.00895. The van der Waals surface area contributed by atoms with Gasteiger partial charge >= 0.3 is 0 Å². The lowest BCUT2D eigenvalue weighted by molar-refractivity contribution is 0.0825. The lowest BCUT2D eigenvalue weighted by Gasteiger charge is -2.25. The maximum absolute atomic E-state index is 13.9. The van der Waals surface area contributed by atoms with Gasteiger partial charge in [0.15, 0.2) is 5.69 Å². The van der Waals surface area contributed by atoms with E-state index in [4.69, 9.17) is 0 Å². The van der Waals surface area contributed by atoms with Crippen LogP contribution in [-0.4, -0.2) is 39.5 Å². The molecule has 7 nitrogen and oxygen atoms in total. The molecule has 3 aromatic carbocycles. The van der Waals surface area contributed by atoms with Crippen LogP contribution in [0.4, 0.5) is 8.78 Å². The molecule has 1 amide bonds. The van der Waals surface area contributed by atoms with Crippen molar-refractivity contribution in [2.75, 3.05) is 6.54 Å². The average molecular weight is 521 g/mol. The Morgan fingerprint density at radius 1 is 0.974 bits per heavy atom. The fourth-order valence-electron chi connectivity index (χ4n) is 4.44. The average Bonchev–Trinajstić information content (AvgIpc) is 2.89. The van der Waals surface area contributed by atoms with Crippen LogP contribution < -0.4 is 16.2 Å². The molecule has 0 radical (unpaired) electrons. The molecular weight excluding hydrogens is 490 g/mol. The normalized spacial score (nSPS) is 12.9. The quantitative estimate of drug-likeness (QED) is 0.298. The number of benzene rings is 3. The Balaban J connectivity index is 1.56. The van der Waals surface area contributed by atoms with Gasteiger partial charge in [0.1, 0.15) is 11.6 Å². The summed E-state index contributed by atoms with van der Waals surface area (Å²) in [6.45, 7) is 2.68. The van der Waals surface area contributed by atoms with Gasteiger partial charge in [0.05, 0.1) is 17.5 Å². The van der Waals surface area contributed by atoms with Crippen molar-refractivity contribution in [2.45, 2.75) is 38.5 Å². The van der Waals surface area contributed by atoms with Gasteiger partial charge in [-0.2, -0.15) is 5.10 Å². The van der Waals surface area contributed by atoms with Gasteiger partial charge < -0.3 is 15.7 Å². The van der Waals surface area contributed by atoms with Crippen LogP contribution in [0.25, 0.3) is 10.8 Å². The molecular formula is C29H30F2N4O3. The molecule has 0 saturated carbocycles. The van der Waals surface area contributed by atoms with E-state index >= 15 is 0 Å². The topological polar surface area (TPSA) is 96.2 Å². The summed E-state index contributed by atoms with van der Waals surface area (Å²) in [6, 6.07) is 16.9. The highest BCUT2D eigenvalue weighted by Crippen LogP contribution is 2.16. The molecule has 0 aliphatic rings. The molecule has 2 atom stereocenters. The van der Waals surface area contributed by atoms with Crippen LogP contribution in [0.5, 0.6) is 0 Å². The number of nitrogens with zero attached hydrogens (tertiary/aromatic N) is 2. The van der Waals surface area contributed by atoms with Crippen LogP contribution in [0.15, 0.2) is 71.5 Å². The molecule has 0 unspecified atom stereocenters. The van der Waals surface area contributed by atoms with E-state index in [-0.39, 0.29) is 29.8 Å². The standard InChI is InChI=1S/C29H30F2N4O3/c1-3-18-7-6-8-19(11-18)16-32-17-26(36)25(14-20-12-21(30)15-22(31)13-20)33-28(37)27-23-9-4-5-10-24(23)29(38)35(2)34-27/h4-13,15,25-26,32,36H,3,14,16-17H2,1-2H3,(H,33,37)/t25-,26-/m0/s1. The Kier molecular flexibility index (Phi) is 8.60. The number of hydrogen-bond acceptors (Lipinski definition) is 5. The van der Waals surface area contributed by atoms with Crippen LogP contribution in [0, 0.1) is 11.6 Å². The second-order valence-electron chi connectivity index (χ2n) is 9.26. The Hall–Kier alpha value is -3.95. The first kappa shape index (κ1) is 27.1. The van der Waals surface area contributed by atoms with Crippen molar-refractivity contribution in [3.05, 3.63) is 111 Å². The maximum Gasteiger partial charge on any atom is 0.274 e. The highest BCUT2D eigenvalue weighted by atomic mass is 19.1.